The minimum Gasteiger partial charge on any atom is -0.324 e. The van der Waals surface area contributed by atoms with Gasteiger partial charge in [0.2, 0.25) is 0 Å². The number of aryl methyl sites for hydroxylation is 1. The van der Waals surface area contributed by atoms with Gasteiger partial charge in [-0.25, -0.2) is 0 Å². The van der Waals surface area contributed by atoms with E-state index in [2.05, 4.69) is 30.9 Å². The number of hydrogen-bond acceptors (Lipinski definition) is 3. The fourth-order valence-electron chi connectivity index (χ4n) is 2.20. The summed E-state index contributed by atoms with van der Waals surface area (Å²) in [5.74, 6) is 0. The minimum atomic E-state index is -0.0199. The van der Waals surface area contributed by atoms with E-state index in [0.29, 0.717) is 6.04 Å². The highest BCUT2D eigenvalue weighted by Gasteiger charge is 2.13. The van der Waals surface area contributed by atoms with Crippen LogP contribution in [0.5, 0.6) is 0 Å². The summed E-state index contributed by atoms with van der Waals surface area (Å²) >= 11 is 0. The van der Waals surface area contributed by atoms with E-state index >= 15 is 0 Å². The second-order valence-corrected chi connectivity index (χ2v) is 5.12. The van der Waals surface area contributed by atoms with Crippen molar-refractivity contribution in [3.05, 3.63) is 47.5 Å². The molecule has 0 aliphatic heterocycles. The lowest BCUT2D eigenvalue weighted by Gasteiger charge is -2.14. The van der Waals surface area contributed by atoms with Crippen LogP contribution in [0.3, 0.4) is 0 Å². The summed E-state index contributed by atoms with van der Waals surface area (Å²) in [6, 6.07) is 4.43. The zero-order valence-corrected chi connectivity index (χ0v) is 11.9. The van der Waals surface area contributed by atoms with Crippen LogP contribution in [0.1, 0.15) is 49.7 Å². The van der Waals surface area contributed by atoms with Gasteiger partial charge in [0.15, 0.2) is 0 Å². The number of rotatable bonds is 5. The summed E-state index contributed by atoms with van der Waals surface area (Å²) in [4.78, 5) is 4.16. The molecule has 19 heavy (non-hydrogen) atoms. The predicted octanol–water partition coefficient (Wildman–Crippen LogP) is 2.66. The van der Waals surface area contributed by atoms with Gasteiger partial charge < -0.3 is 5.73 Å². The summed E-state index contributed by atoms with van der Waals surface area (Å²) < 4.78 is 1.97. The molecule has 2 aromatic heterocycles. The van der Waals surface area contributed by atoms with Crippen molar-refractivity contribution in [2.75, 3.05) is 0 Å². The molecule has 0 spiro atoms. The molecule has 4 nitrogen and oxygen atoms in total. The van der Waals surface area contributed by atoms with Crippen molar-refractivity contribution in [2.45, 2.75) is 45.7 Å². The van der Waals surface area contributed by atoms with Crippen molar-refractivity contribution >= 4 is 0 Å². The standard InChI is InChI=1S/C15H22N4/c1-4-12-10-17-7-5-14(12)15(16)9-13-6-8-19(18-13)11(2)3/h5-8,10-11,15H,4,9,16H2,1-3H3. The Kier molecular flexibility index (Phi) is 4.32. The van der Waals surface area contributed by atoms with Gasteiger partial charge in [0.1, 0.15) is 0 Å². The number of nitrogens with two attached hydrogens (primary N) is 1. The monoisotopic (exact) mass is 258 g/mol. The Morgan fingerprint density at radius 1 is 1.32 bits per heavy atom. The minimum absolute atomic E-state index is 0.0199. The Balaban J connectivity index is 2.13. The van der Waals surface area contributed by atoms with Gasteiger partial charge in [0, 0.05) is 37.1 Å². The van der Waals surface area contributed by atoms with Crippen LogP contribution in [0.25, 0.3) is 0 Å². The number of pyridine rings is 1. The van der Waals surface area contributed by atoms with Crippen molar-refractivity contribution < 1.29 is 0 Å². The lowest BCUT2D eigenvalue weighted by Crippen LogP contribution is -2.16. The molecule has 0 radical (unpaired) electrons. The van der Waals surface area contributed by atoms with Gasteiger partial charge in [-0.3, -0.25) is 9.67 Å². The third-order valence-corrected chi connectivity index (χ3v) is 3.34. The van der Waals surface area contributed by atoms with Gasteiger partial charge >= 0.3 is 0 Å². The highest BCUT2D eigenvalue weighted by molar-refractivity contribution is 5.27. The molecule has 0 bridgehead atoms. The van der Waals surface area contributed by atoms with Crippen LogP contribution in [-0.4, -0.2) is 14.8 Å². The summed E-state index contributed by atoms with van der Waals surface area (Å²) in [5, 5.41) is 4.55. The Bertz CT molecular complexity index is 530. The maximum absolute atomic E-state index is 6.31. The first-order valence-corrected chi connectivity index (χ1v) is 6.84. The van der Waals surface area contributed by atoms with Gasteiger partial charge in [-0.05, 0) is 43.5 Å². The van der Waals surface area contributed by atoms with Crippen LogP contribution in [0.15, 0.2) is 30.7 Å². The van der Waals surface area contributed by atoms with Crippen molar-refractivity contribution in [1.29, 1.82) is 0 Å². The van der Waals surface area contributed by atoms with Crippen molar-refractivity contribution in [3.8, 4) is 0 Å². The first-order chi connectivity index (χ1) is 9.11. The van der Waals surface area contributed by atoms with E-state index in [1.54, 1.807) is 6.20 Å². The zero-order valence-electron chi connectivity index (χ0n) is 11.9. The van der Waals surface area contributed by atoms with E-state index < -0.39 is 0 Å². The van der Waals surface area contributed by atoms with Crippen LogP contribution in [0.2, 0.25) is 0 Å². The summed E-state index contributed by atoms with van der Waals surface area (Å²) in [7, 11) is 0. The molecule has 2 aromatic rings. The van der Waals surface area contributed by atoms with Crippen LogP contribution in [0, 0.1) is 0 Å². The van der Waals surface area contributed by atoms with Gasteiger partial charge in [-0.2, -0.15) is 5.10 Å². The highest BCUT2D eigenvalue weighted by Crippen LogP contribution is 2.19. The van der Waals surface area contributed by atoms with Crippen LogP contribution < -0.4 is 5.73 Å². The second-order valence-electron chi connectivity index (χ2n) is 5.12. The lowest BCUT2D eigenvalue weighted by molar-refractivity contribution is 0.522. The predicted molar refractivity (Wildman–Crippen MR) is 76.9 cm³/mol. The Morgan fingerprint density at radius 2 is 2.11 bits per heavy atom. The summed E-state index contributed by atoms with van der Waals surface area (Å²) in [5.41, 5.74) is 9.75. The topological polar surface area (TPSA) is 56.7 Å². The first-order valence-electron chi connectivity index (χ1n) is 6.84. The van der Waals surface area contributed by atoms with E-state index in [1.165, 1.54) is 11.1 Å². The van der Waals surface area contributed by atoms with E-state index in [1.807, 2.05) is 29.2 Å². The molecule has 2 N–H and O–H groups in total. The molecular formula is C15H22N4. The van der Waals surface area contributed by atoms with Crippen LogP contribution in [0.4, 0.5) is 0 Å². The van der Waals surface area contributed by atoms with Gasteiger partial charge in [0.05, 0.1) is 5.69 Å². The largest absolute Gasteiger partial charge is 0.324 e. The molecule has 1 atom stereocenters. The number of aromatic nitrogens is 3. The molecule has 0 saturated heterocycles. The third kappa shape index (κ3) is 3.20. The Labute approximate surface area is 114 Å². The summed E-state index contributed by atoms with van der Waals surface area (Å²) in [6.45, 7) is 6.37. The van der Waals surface area contributed by atoms with Crippen LogP contribution in [-0.2, 0) is 12.8 Å². The molecule has 4 heteroatoms. The fraction of sp³-hybridized carbons (Fsp3) is 0.467. The van der Waals surface area contributed by atoms with Crippen LogP contribution >= 0.6 is 0 Å². The average molecular weight is 258 g/mol. The molecular weight excluding hydrogens is 236 g/mol. The lowest BCUT2D eigenvalue weighted by atomic mass is 9.98. The zero-order chi connectivity index (χ0) is 13.8. The maximum atomic E-state index is 6.31. The quantitative estimate of drug-likeness (QED) is 0.897. The number of nitrogens with zero attached hydrogens (tertiary/aromatic N) is 3. The maximum Gasteiger partial charge on any atom is 0.0643 e. The van der Waals surface area contributed by atoms with Gasteiger partial charge in [0.25, 0.3) is 0 Å². The van der Waals surface area contributed by atoms with E-state index in [4.69, 9.17) is 5.73 Å². The van der Waals surface area contributed by atoms with E-state index in [9.17, 15) is 0 Å². The van der Waals surface area contributed by atoms with E-state index in [0.717, 1.165) is 18.5 Å². The molecule has 0 amide bonds. The van der Waals surface area contributed by atoms with Gasteiger partial charge in [-0.1, -0.05) is 6.92 Å². The smallest absolute Gasteiger partial charge is 0.0643 e. The first kappa shape index (κ1) is 13.7. The summed E-state index contributed by atoms with van der Waals surface area (Å²) in [6.07, 6.45) is 7.44. The van der Waals surface area contributed by atoms with Crippen molar-refractivity contribution in [1.82, 2.24) is 14.8 Å². The average Bonchev–Trinajstić information content (AvgIpc) is 2.87. The molecule has 0 aromatic carbocycles. The molecule has 0 saturated carbocycles. The SMILES string of the molecule is CCc1cnccc1C(N)Cc1ccn(C(C)C)n1. The molecule has 102 valence electrons. The molecule has 2 heterocycles. The fourth-order valence-corrected chi connectivity index (χ4v) is 2.20. The Hall–Kier alpha value is -1.68. The van der Waals surface area contributed by atoms with Gasteiger partial charge in [-0.15, -0.1) is 0 Å². The molecule has 2 rings (SSSR count). The van der Waals surface area contributed by atoms with E-state index in [-0.39, 0.29) is 6.04 Å². The second kappa shape index (κ2) is 5.97. The van der Waals surface area contributed by atoms with Crippen molar-refractivity contribution in [3.63, 3.8) is 0 Å². The molecule has 1 unspecified atom stereocenters. The highest BCUT2D eigenvalue weighted by atomic mass is 15.3. The molecule has 0 fully saturated rings. The Morgan fingerprint density at radius 3 is 2.74 bits per heavy atom. The number of hydrogen-bond donors (Lipinski definition) is 1. The molecule has 0 aliphatic carbocycles. The third-order valence-electron chi connectivity index (χ3n) is 3.34. The van der Waals surface area contributed by atoms with Crippen molar-refractivity contribution in [2.24, 2.45) is 5.73 Å². The molecule has 0 aliphatic rings. The normalized spacial score (nSPS) is 12.9.